The summed E-state index contributed by atoms with van der Waals surface area (Å²) in [6.45, 7) is 0. The van der Waals surface area contributed by atoms with E-state index in [0.717, 1.165) is 15.6 Å². The topological polar surface area (TPSA) is 113 Å². The molecule has 9 heteroatoms. The van der Waals surface area contributed by atoms with Crippen LogP contribution in [0.25, 0.3) is 22.1 Å². The first-order chi connectivity index (χ1) is 11.6. The van der Waals surface area contributed by atoms with Crippen molar-refractivity contribution in [3.8, 4) is 0 Å². The molecule has 0 aliphatic rings. The van der Waals surface area contributed by atoms with Crippen LogP contribution in [0.1, 0.15) is 0 Å². The van der Waals surface area contributed by atoms with Crippen molar-refractivity contribution in [3.63, 3.8) is 0 Å². The van der Waals surface area contributed by atoms with Crippen LogP contribution in [0.4, 0.5) is 0 Å². The minimum Gasteiger partial charge on any atom is -0.339 e. The summed E-state index contributed by atoms with van der Waals surface area (Å²) >= 11 is 0. The van der Waals surface area contributed by atoms with Gasteiger partial charge in [0, 0.05) is 25.7 Å². The first kappa shape index (κ1) is 15.4. The molecule has 0 radical (unpaired) electrons. The summed E-state index contributed by atoms with van der Waals surface area (Å²) in [6.07, 6.45) is 4.73. The third-order valence-electron chi connectivity index (χ3n) is 3.28. The molecule has 24 heavy (non-hydrogen) atoms. The third-order valence-corrected chi connectivity index (χ3v) is 3.28. The Morgan fingerprint density at radius 1 is 1.12 bits per heavy atom. The van der Waals surface area contributed by atoms with Crippen LogP contribution < -0.4 is 16.3 Å². The molecule has 0 aliphatic carbocycles. The van der Waals surface area contributed by atoms with E-state index in [1.54, 1.807) is 20.4 Å². The number of nitrogens with one attached hydrogen (secondary N) is 2. The number of rotatable bonds is 1. The van der Waals surface area contributed by atoms with Crippen LogP contribution in [0, 0.1) is 0 Å². The molecule has 0 bridgehead atoms. The maximum Gasteiger partial charge on any atom is 0.349 e. The molecule has 4 rings (SSSR count). The molecule has 2 N–H and O–H groups in total. The van der Waals surface area contributed by atoms with E-state index >= 15 is 0 Å². The van der Waals surface area contributed by atoms with Crippen LogP contribution >= 0.6 is 0 Å². The minimum atomic E-state index is -0.500. The molecular weight excluding hydrogens is 310 g/mol. The maximum absolute atomic E-state index is 11.7. The molecule has 4 aromatic rings. The van der Waals surface area contributed by atoms with Gasteiger partial charge in [-0.3, -0.25) is 9.78 Å². The number of hydrogen-bond acceptors (Lipinski definition) is 6. The second-order valence-electron chi connectivity index (χ2n) is 5.10. The third kappa shape index (κ3) is 2.86. The monoisotopic (exact) mass is 325 g/mol. The number of aromatic amines is 2. The Bertz CT molecular complexity index is 1030. The van der Waals surface area contributed by atoms with E-state index in [0.29, 0.717) is 5.52 Å². The van der Waals surface area contributed by atoms with Crippen molar-refractivity contribution in [3.05, 3.63) is 64.0 Å². The van der Waals surface area contributed by atoms with Gasteiger partial charge in [-0.2, -0.15) is 4.68 Å². The number of aromatic nitrogens is 6. The zero-order chi connectivity index (χ0) is 17.1. The van der Waals surface area contributed by atoms with Crippen LogP contribution in [0.3, 0.4) is 0 Å². The van der Waals surface area contributed by atoms with Gasteiger partial charge in [0.15, 0.2) is 11.2 Å². The van der Waals surface area contributed by atoms with Crippen LogP contribution in [0.2, 0.25) is 0 Å². The van der Waals surface area contributed by atoms with Crippen LogP contribution in [0.15, 0.2) is 52.7 Å². The SMILES string of the molecule is CN(C)n1c(=O)[nH]c2nc[nH]c2c1=O.c1ccc2ncncc2c1. The summed E-state index contributed by atoms with van der Waals surface area (Å²) in [5, 5.41) is 2.49. The Morgan fingerprint density at radius 2 is 1.92 bits per heavy atom. The first-order valence-electron chi connectivity index (χ1n) is 7.08. The summed E-state index contributed by atoms with van der Waals surface area (Å²) < 4.78 is 0.987. The number of imidazole rings is 1. The predicted octanol–water partition coefficient (Wildman–Crippen LogP) is 0.240. The second kappa shape index (κ2) is 6.32. The van der Waals surface area contributed by atoms with Crippen molar-refractivity contribution in [1.82, 2.24) is 29.6 Å². The molecule has 122 valence electrons. The molecule has 0 amide bonds. The van der Waals surface area contributed by atoms with Crippen molar-refractivity contribution in [2.24, 2.45) is 0 Å². The van der Waals surface area contributed by atoms with Gasteiger partial charge in [-0.15, -0.1) is 0 Å². The van der Waals surface area contributed by atoms with E-state index in [4.69, 9.17) is 0 Å². The van der Waals surface area contributed by atoms with Gasteiger partial charge < -0.3 is 9.99 Å². The molecular formula is C15H15N7O2. The normalized spacial score (nSPS) is 10.4. The van der Waals surface area contributed by atoms with Gasteiger partial charge in [0.05, 0.1) is 11.8 Å². The highest BCUT2D eigenvalue weighted by Gasteiger charge is 2.09. The highest BCUT2D eigenvalue weighted by molar-refractivity contribution is 5.76. The van der Waals surface area contributed by atoms with Crippen molar-refractivity contribution >= 4 is 22.1 Å². The highest BCUT2D eigenvalue weighted by atomic mass is 16.2. The second-order valence-corrected chi connectivity index (χ2v) is 5.10. The van der Waals surface area contributed by atoms with Gasteiger partial charge in [-0.05, 0) is 6.07 Å². The maximum atomic E-state index is 11.7. The molecule has 3 heterocycles. The fraction of sp³-hybridized carbons (Fsp3) is 0.133. The van der Waals surface area contributed by atoms with E-state index in [-0.39, 0.29) is 5.65 Å². The van der Waals surface area contributed by atoms with Crippen molar-refractivity contribution in [1.29, 1.82) is 0 Å². The molecule has 0 atom stereocenters. The molecule has 0 fully saturated rings. The fourth-order valence-corrected chi connectivity index (χ4v) is 2.19. The first-order valence-corrected chi connectivity index (χ1v) is 7.08. The van der Waals surface area contributed by atoms with Gasteiger partial charge in [0.1, 0.15) is 6.33 Å². The molecule has 9 nitrogen and oxygen atoms in total. The number of benzene rings is 1. The quantitative estimate of drug-likeness (QED) is 0.518. The van der Waals surface area contributed by atoms with E-state index in [1.165, 1.54) is 11.3 Å². The van der Waals surface area contributed by atoms with Gasteiger partial charge in [-0.1, -0.05) is 18.2 Å². The predicted molar refractivity (Wildman–Crippen MR) is 90.6 cm³/mol. The lowest BCUT2D eigenvalue weighted by molar-refractivity contribution is 0.660. The smallest absolute Gasteiger partial charge is 0.339 e. The highest BCUT2D eigenvalue weighted by Crippen LogP contribution is 2.06. The van der Waals surface area contributed by atoms with Crippen LogP contribution in [-0.2, 0) is 0 Å². The number of hydrogen-bond donors (Lipinski definition) is 2. The Kier molecular flexibility index (Phi) is 4.06. The summed E-state index contributed by atoms with van der Waals surface area (Å²) in [5.74, 6) is 0. The lowest BCUT2D eigenvalue weighted by atomic mass is 10.2. The Labute approximate surface area is 135 Å². The number of fused-ring (bicyclic) bond motifs is 2. The average molecular weight is 325 g/mol. The lowest BCUT2D eigenvalue weighted by Gasteiger charge is -2.12. The number of H-pyrrole nitrogens is 2. The Hall–Kier alpha value is -3.49. The van der Waals surface area contributed by atoms with Gasteiger partial charge >= 0.3 is 11.2 Å². The molecule has 0 spiro atoms. The zero-order valence-corrected chi connectivity index (χ0v) is 13.1. The lowest BCUT2D eigenvalue weighted by Crippen LogP contribution is -2.46. The van der Waals surface area contributed by atoms with Crippen molar-refractivity contribution in [2.75, 3.05) is 19.1 Å². The van der Waals surface area contributed by atoms with Crippen molar-refractivity contribution < 1.29 is 0 Å². The van der Waals surface area contributed by atoms with Gasteiger partial charge in [-0.25, -0.2) is 19.7 Å². The minimum absolute atomic E-state index is 0.276. The van der Waals surface area contributed by atoms with Gasteiger partial charge in [0.2, 0.25) is 0 Å². The zero-order valence-electron chi connectivity index (χ0n) is 13.1. The Morgan fingerprint density at radius 3 is 2.67 bits per heavy atom. The number of para-hydroxylation sites is 1. The molecule has 0 saturated heterocycles. The van der Waals surface area contributed by atoms with Crippen LogP contribution in [-0.4, -0.2) is 43.7 Å². The summed E-state index contributed by atoms with van der Waals surface area (Å²) in [7, 11) is 3.22. The summed E-state index contributed by atoms with van der Waals surface area (Å²) in [6, 6.07) is 7.91. The molecule has 0 aliphatic heterocycles. The Balaban J connectivity index is 0.000000149. The standard InChI is InChI=1S/C8H6N2.C7H9N5O2/c1-2-4-8-7(3-1)5-9-6-10-8;1-11(2)12-6(13)4-5(9-3-8-4)10-7(12)14/h1-6H;3H,1-2H3,(H,8,9)(H,10,14). The number of nitrogens with zero attached hydrogens (tertiary/aromatic N) is 5. The molecule has 3 aromatic heterocycles. The largest absolute Gasteiger partial charge is 0.349 e. The molecule has 1 aromatic carbocycles. The van der Waals surface area contributed by atoms with E-state index in [1.807, 2.05) is 30.5 Å². The molecule has 0 saturated carbocycles. The summed E-state index contributed by atoms with van der Waals surface area (Å²) in [4.78, 5) is 40.0. The fourth-order valence-electron chi connectivity index (χ4n) is 2.19. The molecule has 0 unspecified atom stereocenters. The summed E-state index contributed by atoms with van der Waals surface area (Å²) in [5.41, 5.74) is 0.653. The van der Waals surface area contributed by atoms with Gasteiger partial charge in [0.25, 0.3) is 0 Å². The van der Waals surface area contributed by atoms with Crippen LogP contribution in [0.5, 0.6) is 0 Å². The van der Waals surface area contributed by atoms with E-state index in [2.05, 4.69) is 24.9 Å². The van der Waals surface area contributed by atoms with E-state index in [9.17, 15) is 9.59 Å². The van der Waals surface area contributed by atoms with E-state index < -0.39 is 11.2 Å². The average Bonchev–Trinajstić information content (AvgIpc) is 3.04. The van der Waals surface area contributed by atoms with Crippen molar-refractivity contribution in [2.45, 2.75) is 0 Å².